The summed E-state index contributed by atoms with van der Waals surface area (Å²) >= 11 is 1.56. The molecule has 0 spiro atoms. The van der Waals surface area contributed by atoms with Crippen LogP contribution in [-0.2, 0) is 12.1 Å². The van der Waals surface area contributed by atoms with Crippen molar-refractivity contribution in [2.24, 2.45) is 4.99 Å². The molecule has 0 radical (unpaired) electrons. The van der Waals surface area contributed by atoms with Crippen molar-refractivity contribution in [3.05, 3.63) is 52.2 Å². The smallest absolute Gasteiger partial charge is 0.319 e. The lowest BCUT2D eigenvalue weighted by molar-refractivity contribution is 0.0621. The zero-order chi connectivity index (χ0) is 21.3. The maximum absolute atomic E-state index is 11.8. The monoisotopic (exact) mass is 417 g/mol. The van der Waals surface area contributed by atoms with Gasteiger partial charge in [-0.15, -0.1) is 0 Å². The quantitative estimate of drug-likeness (QED) is 0.336. The normalized spacial score (nSPS) is 13.7. The number of rotatable bonds is 8. The molecule has 0 aliphatic rings. The number of amides is 2. The second-order valence-electron chi connectivity index (χ2n) is 7.28. The molecule has 0 bridgehead atoms. The highest BCUT2D eigenvalue weighted by Crippen LogP contribution is 2.22. The molecule has 2 rings (SSSR count). The predicted octanol–water partition coefficient (Wildman–Crippen LogP) is 3.24. The van der Waals surface area contributed by atoms with Crippen molar-refractivity contribution in [1.82, 2.24) is 16.0 Å². The molecule has 158 valence electrons. The fraction of sp³-hybridized carbons (Fsp3) is 0.429. The van der Waals surface area contributed by atoms with Gasteiger partial charge in [0.1, 0.15) is 5.60 Å². The number of hydrogen-bond acceptors (Lipinski definition) is 4. The molecule has 0 aliphatic carbocycles. The van der Waals surface area contributed by atoms with E-state index in [1.165, 1.54) is 0 Å². The molecule has 1 heterocycles. The molecule has 2 amide bonds. The number of anilines is 1. The van der Waals surface area contributed by atoms with Gasteiger partial charge in [-0.25, -0.2) is 9.79 Å². The number of carbonyl (C=O) groups excluding carboxylic acids is 1. The third kappa shape index (κ3) is 7.75. The van der Waals surface area contributed by atoms with Crippen LogP contribution in [0.15, 0.2) is 46.1 Å². The zero-order valence-electron chi connectivity index (χ0n) is 17.5. The largest absolute Gasteiger partial charge is 0.384 e. The van der Waals surface area contributed by atoms with Crippen LogP contribution >= 0.6 is 11.3 Å². The molecule has 1 aromatic carbocycles. The van der Waals surface area contributed by atoms with Crippen LogP contribution < -0.4 is 21.3 Å². The average molecular weight is 418 g/mol. The van der Waals surface area contributed by atoms with E-state index in [-0.39, 0.29) is 12.1 Å². The number of aliphatic imine (C=N–C) groups is 1. The second kappa shape index (κ2) is 10.8. The molecule has 7 nitrogen and oxygen atoms in total. The van der Waals surface area contributed by atoms with E-state index in [1.54, 1.807) is 18.3 Å². The molecule has 0 fully saturated rings. The van der Waals surface area contributed by atoms with E-state index in [1.807, 2.05) is 61.9 Å². The van der Waals surface area contributed by atoms with E-state index in [4.69, 9.17) is 0 Å². The van der Waals surface area contributed by atoms with Crippen molar-refractivity contribution < 1.29 is 9.90 Å². The van der Waals surface area contributed by atoms with Gasteiger partial charge >= 0.3 is 6.03 Å². The van der Waals surface area contributed by atoms with E-state index in [2.05, 4.69) is 26.3 Å². The zero-order valence-corrected chi connectivity index (χ0v) is 18.3. The number of guanidine groups is 1. The summed E-state index contributed by atoms with van der Waals surface area (Å²) in [6.45, 7) is 9.16. The molecule has 8 heteroatoms. The lowest BCUT2D eigenvalue weighted by atomic mass is 9.99. The first-order chi connectivity index (χ1) is 13.8. The molecule has 1 atom stereocenters. The summed E-state index contributed by atoms with van der Waals surface area (Å²) in [6.07, 6.45) is 0. The van der Waals surface area contributed by atoms with Crippen LogP contribution in [0.25, 0.3) is 0 Å². The van der Waals surface area contributed by atoms with Gasteiger partial charge in [0.05, 0.1) is 13.1 Å². The summed E-state index contributed by atoms with van der Waals surface area (Å²) in [7, 11) is 0. The number of aliphatic hydroxyl groups is 1. The SMILES string of the molecule is CCNC(=NCc1ccc(NC(=O)NC(C)C)cc1)NCC(C)(O)c1ccsc1. The fourth-order valence-electron chi connectivity index (χ4n) is 2.56. The number of nitrogens with zero attached hydrogens (tertiary/aromatic N) is 1. The molecule has 29 heavy (non-hydrogen) atoms. The minimum absolute atomic E-state index is 0.0844. The Bertz CT molecular complexity index is 786. The standard InChI is InChI=1S/C21H31N5O2S/c1-5-22-19(24-14-21(4,28)17-10-11-29-13-17)23-12-16-6-8-18(9-7-16)26-20(27)25-15(2)3/h6-11,13,15,28H,5,12,14H2,1-4H3,(H2,22,23,24)(H2,25,26,27). The second-order valence-corrected chi connectivity index (χ2v) is 8.06. The van der Waals surface area contributed by atoms with Gasteiger partial charge in [0.15, 0.2) is 5.96 Å². The van der Waals surface area contributed by atoms with Crippen molar-refractivity contribution in [2.75, 3.05) is 18.4 Å². The first-order valence-electron chi connectivity index (χ1n) is 9.74. The average Bonchev–Trinajstić information content (AvgIpc) is 3.20. The van der Waals surface area contributed by atoms with E-state index < -0.39 is 5.60 Å². The van der Waals surface area contributed by atoms with Gasteiger partial charge in [0, 0.05) is 18.3 Å². The third-order valence-corrected chi connectivity index (χ3v) is 4.82. The highest BCUT2D eigenvalue weighted by atomic mass is 32.1. The van der Waals surface area contributed by atoms with E-state index >= 15 is 0 Å². The molecule has 0 aliphatic heterocycles. The van der Waals surface area contributed by atoms with Crippen molar-refractivity contribution in [3.63, 3.8) is 0 Å². The lowest BCUT2D eigenvalue weighted by Gasteiger charge is -2.24. The van der Waals surface area contributed by atoms with Gasteiger partial charge in [0.25, 0.3) is 0 Å². The highest BCUT2D eigenvalue weighted by Gasteiger charge is 2.23. The van der Waals surface area contributed by atoms with Gasteiger partial charge in [-0.05, 0) is 67.8 Å². The number of thiophene rings is 1. The van der Waals surface area contributed by atoms with Crippen LogP contribution in [-0.4, -0.2) is 36.2 Å². The number of benzene rings is 1. The molecule has 2 aromatic rings. The molecular weight excluding hydrogens is 386 g/mol. The van der Waals surface area contributed by atoms with Crippen LogP contribution in [0.2, 0.25) is 0 Å². The Morgan fingerprint density at radius 1 is 1.21 bits per heavy atom. The van der Waals surface area contributed by atoms with Crippen molar-refractivity contribution in [3.8, 4) is 0 Å². The predicted molar refractivity (Wildman–Crippen MR) is 120 cm³/mol. The lowest BCUT2D eigenvalue weighted by Crippen LogP contribution is -2.44. The van der Waals surface area contributed by atoms with Gasteiger partial charge < -0.3 is 26.4 Å². The molecule has 0 saturated heterocycles. The van der Waals surface area contributed by atoms with Gasteiger partial charge in [0.2, 0.25) is 0 Å². The Morgan fingerprint density at radius 3 is 2.52 bits per heavy atom. The summed E-state index contributed by atoms with van der Waals surface area (Å²) in [5.41, 5.74) is 1.66. The fourth-order valence-corrected chi connectivity index (χ4v) is 3.35. The molecular formula is C21H31N5O2S. The minimum Gasteiger partial charge on any atom is -0.384 e. The van der Waals surface area contributed by atoms with Gasteiger partial charge in [-0.3, -0.25) is 0 Å². The summed E-state index contributed by atoms with van der Waals surface area (Å²) in [5, 5.41) is 26.5. The van der Waals surface area contributed by atoms with Crippen molar-refractivity contribution >= 4 is 29.0 Å². The Morgan fingerprint density at radius 2 is 1.93 bits per heavy atom. The Kier molecular flexibility index (Phi) is 8.48. The number of hydrogen-bond donors (Lipinski definition) is 5. The van der Waals surface area contributed by atoms with E-state index in [0.717, 1.165) is 23.4 Å². The Labute approximate surface area is 176 Å². The summed E-state index contributed by atoms with van der Waals surface area (Å²) in [4.78, 5) is 16.3. The topological polar surface area (TPSA) is 97.8 Å². The Balaban J connectivity index is 1.93. The molecule has 5 N–H and O–H groups in total. The third-order valence-electron chi connectivity index (χ3n) is 4.14. The molecule has 1 aromatic heterocycles. The van der Waals surface area contributed by atoms with Crippen LogP contribution in [0.1, 0.15) is 38.8 Å². The van der Waals surface area contributed by atoms with Crippen molar-refractivity contribution in [2.45, 2.75) is 45.9 Å². The number of carbonyl (C=O) groups is 1. The first-order valence-corrected chi connectivity index (χ1v) is 10.7. The number of nitrogens with one attached hydrogen (secondary N) is 4. The molecule has 0 saturated carbocycles. The summed E-state index contributed by atoms with van der Waals surface area (Å²) in [5.74, 6) is 0.640. The summed E-state index contributed by atoms with van der Waals surface area (Å²) < 4.78 is 0. The number of urea groups is 1. The van der Waals surface area contributed by atoms with Crippen LogP contribution in [0.3, 0.4) is 0 Å². The first kappa shape index (κ1) is 22.7. The summed E-state index contributed by atoms with van der Waals surface area (Å²) in [6, 6.07) is 9.36. The Hall–Kier alpha value is -2.58. The highest BCUT2D eigenvalue weighted by molar-refractivity contribution is 7.08. The molecule has 1 unspecified atom stereocenters. The van der Waals surface area contributed by atoms with E-state index in [0.29, 0.717) is 19.0 Å². The van der Waals surface area contributed by atoms with Crippen LogP contribution in [0.4, 0.5) is 10.5 Å². The van der Waals surface area contributed by atoms with Crippen LogP contribution in [0.5, 0.6) is 0 Å². The maximum atomic E-state index is 11.8. The van der Waals surface area contributed by atoms with Crippen LogP contribution in [0, 0.1) is 0 Å². The van der Waals surface area contributed by atoms with E-state index in [9.17, 15) is 9.90 Å². The van der Waals surface area contributed by atoms with Gasteiger partial charge in [-0.1, -0.05) is 12.1 Å². The minimum atomic E-state index is -0.972. The van der Waals surface area contributed by atoms with Gasteiger partial charge in [-0.2, -0.15) is 11.3 Å². The maximum Gasteiger partial charge on any atom is 0.319 e. The van der Waals surface area contributed by atoms with Crippen molar-refractivity contribution in [1.29, 1.82) is 0 Å².